The number of thioether (sulfide) groups is 1. The average molecular weight is 463 g/mol. The summed E-state index contributed by atoms with van der Waals surface area (Å²) in [5.41, 5.74) is -0.350. The van der Waals surface area contributed by atoms with E-state index in [0.717, 1.165) is 41.3 Å². The molecule has 0 atom stereocenters. The van der Waals surface area contributed by atoms with E-state index in [4.69, 9.17) is 0 Å². The average Bonchev–Trinajstić information content (AvgIpc) is 3.14. The van der Waals surface area contributed by atoms with Gasteiger partial charge >= 0.3 is 5.97 Å². The highest BCUT2D eigenvalue weighted by Gasteiger charge is 2.38. The van der Waals surface area contributed by atoms with E-state index in [1.807, 2.05) is 0 Å². The number of nitrogens with zero attached hydrogens (tertiary/aromatic N) is 1. The second kappa shape index (κ2) is 8.20. The Bertz CT molecular complexity index is 1220. The number of carboxylic acids is 1. The number of aromatic carboxylic acids is 1. The number of amides is 2. The van der Waals surface area contributed by atoms with Gasteiger partial charge in [-0.05, 0) is 41.3 Å². The number of benzene rings is 2. The van der Waals surface area contributed by atoms with Gasteiger partial charge in [0.15, 0.2) is 0 Å². The van der Waals surface area contributed by atoms with Gasteiger partial charge < -0.3 is 5.11 Å². The summed E-state index contributed by atoms with van der Waals surface area (Å²) in [6.45, 7) is 0. The summed E-state index contributed by atoms with van der Waals surface area (Å²) in [6, 6.07) is 7.12. The molecule has 0 fully saturated rings. The van der Waals surface area contributed by atoms with E-state index >= 15 is 0 Å². The van der Waals surface area contributed by atoms with E-state index in [-0.39, 0.29) is 39.4 Å². The molecule has 0 saturated carbocycles. The van der Waals surface area contributed by atoms with E-state index in [9.17, 15) is 32.7 Å². The molecule has 1 N–H and O–H groups in total. The van der Waals surface area contributed by atoms with Gasteiger partial charge in [-0.25, -0.2) is 22.9 Å². The number of rotatable bonds is 5. The van der Waals surface area contributed by atoms with Gasteiger partial charge in [0, 0.05) is 16.2 Å². The van der Waals surface area contributed by atoms with Crippen LogP contribution in [-0.2, 0) is 17.0 Å². The summed E-state index contributed by atoms with van der Waals surface area (Å²) in [5, 5.41) is 10.7. The highest BCUT2D eigenvalue weighted by Crippen LogP contribution is 2.35. The van der Waals surface area contributed by atoms with Crippen molar-refractivity contribution in [3.05, 3.63) is 80.8 Å². The molecule has 158 valence electrons. The fourth-order valence-electron chi connectivity index (χ4n) is 3.21. The lowest BCUT2D eigenvalue weighted by Gasteiger charge is -2.26. The van der Waals surface area contributed by atoms with Crippen molar-refractivity contribution < 1.29 is 32.7 Å². The Morgan fingerprint density at radius 3 is 2.48 bits per heavy atom. The summed E-state index contributed by atoms with van der Waals surface area (Å²) < 4.78 is 42.3. The molecule has 2 heterocycles. The van der Waals surface area contributed by atoms with Crippen molar-refractivity contribution in [2.45, 2.75) is 17.1 Å². The van der Waals surface area contributed by atoms with E-state index in [2.05, 4.69) is 0 Å². The normalized spacial score (nSPS) is 13.5. The van der Waals surface area contributed by atoms with Crippen molar-refractivity contribution in [2.24, 2.45) is 0 Å². The zero-order valence-electron chi connectivity index (χ0n) is 15.5. The molecule has 0 bridgehead atoms. The molecular formula is C21H12F3NO4S2. The molecular weight excluding hydrogens is 451 g/mol. The van der Waals surface area contributed by atoms with Crippen LogP contribution in [0.5, 0.6) is 0 Å². The van der Waals surface area contributed by atoms with Gasteiger partial charge in [-0.2, -0.15) is 0 Å². The lowest BCUT2D eigenvalue weighted by atomic mass is 10.0. The first kappa shape index (κ1) is 21.1. The van der Waals surface area contributed by atoms with Gasteiger partial charge in [0.1, 0.15) is 22.3 Å². The van der Waals surface area contributed by atoms with Crippen molar-refractivity contribution >= 4 is 46.6 Å². The molecule has 0 unspecified atom stereocenters. The maximum Gasteiger partial charge on any atom is 0.346 e. The van der Waals surface area contributed by atoms with Crippen LogP contribution < -0.4 is 4.90 Å². The minimum atomic E-state index is -1.31. The minimum absolute atomic E-state index is 0.0939. The van der Waals surface area contributed by atoms with Gasteiger partial charge in [-0.1, -0.05) is 6.07 Å². The van der Waals surface area contributed by atoms with Crippen molar-refractivity contribution in [2.75, 3.05) is 4.90 Å². The Morgan fingerprint density at radius 1 is 1.10 bits per heavy atom. The molecule has 31 heavy (non-hydrogen) atoms. The largest absolute Gasteiger partial charge is 0.477 e. The van der Waals surface area contributed by atoms with Crippen LogP contribution in [0, 0.1) is 17.5 Å². The van der Waals surface area contributed by atoms with Crippen LogP contribution in [-0.4, -0.2) is 22.9 Å². The van der Waals surface area contributed by atoms with Crippen molar-refractivity contribution in [1.82, 2.24) is 0 Å². The molecule has 0 saturated heterocycles. The number of anilines is 1. The van der Waals surface area contributed by atoms with Crippen LogP contribution in [0.25, 0.3) is 0 Å². The minimum Gasteiger partial charge on any atom is -0.477 e. The standard InChI is InChI=1S/C21H12F3NO4S2/c22-13-2-1-3-14(23)12(13)9-30-11-4-5-15(24)16(7-11)25-17(26)6-10-8-31-19(21(28)29)18(10)20(25)27/h1-5,7-8H,6,9H2,(H,28,29). The van der Waals surface area contributed by atoms with Crippen molar-refractivity contribution in [3.63, 3.8) is 0 Å². The van der Waals surface area contributed by atoms with E-state index < -0.39 is 35.2 Å². The van der Waals surface area contributed by atoms with Gasteiger partial charge in [-0.15, -0.1) is 23.1 Å². The monoisotopic (exact) mass is 463 g/mol. The summed E-state index contributed by atoms with van der Waals surface area (Å²) in [4.78, 5) is 37.7. The number of halogens is 3. The highest BCUT2D eigenvalue weighted by atomic mass is 32.2. The molecule has 0 spiro atoms. The molecule has 2 aromatic carbocycles. The SMILES string of the molecule is O=C(O)c1scc2c1C(=O)N(c1cc(SCc3c(F)cccc3F)ccc1F)C(=O)C2. The maximum atomic E-state index is 14.6. The first-order chi connectivity index (χ1) is 14.8. The molecule has 1 aliphatic heterocycles. The van der Waals surface area contributed by atoms with Crippen molar-refractivity contribution in [1.29, 1.82) is 0 Å². The first-order valence-electron chi connectivity index (χ1n) is 8.84. The summed E-state index contributed by atoms with van der Waals surface area (Å²) in [7, 11) is 0. The van der Waals surface area contributed by atoms with Crippen molar-refractivity contribution in [3.8, 4) is 0 Å². The first-order valence-corrected chi connectivity index (χ1v) is 10.7. The third kappa shape index (κ3) is 3.84. The van der Waals surface area contributed by atoms with Gasteiger partial charge in [0.25, 0.3) is 5.91 Å². The molecule has 10 heteroatoms. The molecule has 5 nitrogen and oxygen atoms in total. The predicted molar refractivity (Wildman–Crippen MR) is 109 cm³/mol. The van der Waals surface area contributed by atoms with Crippen LogP contribution in [0.3, 0.4) is 0 Å². The van der Waals surface area contributed by atoms with Crippen LogP contribution >= 0.6 is 23.1 Å². The third-order valence-corrected chi connectivity index (χ3v) is 6.71. The second-order valence-electron chi connectivity index (χ2n) is 6.58. The fourth-order valence-corrected chi connectivity index (χ4v) is 5.05. The number of imide groups is 1. The molecule has 3 aromatic rings. The molecule has 0 aliphatic carbocycles. The molecule has 4 rings (SSSR count). The predicted octanol–water partition coefficient (Wildman–Crippen LogP) is 4.89. The number of fused-ring (bicyclic) bond motifs is 1. The second-order valence-corrected chi connectivity index (χ2v) is 8.51. The Kier molecular flexibility index (Phi) is 5.59. The molecule has 1 aliphatic rings. The zero-order chi connectivity index (χ0) is 22.3. The number of hydrogen-bond acceptors (Lipinski definition) is 5. The zero-order valence-corrected chi connectivity index (χ0v) is 17.2. The highest BCUT2D eigenvalue weighted by molar-refractivity contribution is 7.98. The maximum absolute atomic E-state index is 14.6. The smallest absolute Gasteiger partial charge is 0.346 e. The van der Waals surface area contributed by atoms with E-state index in [1.54, 1.807) is 0 Å². The third-order valence-electron chi connectivity index (χ3n) is 4.67. The molecule has 2 amide bonds. The Balaban J connectivity index is 1.67. The van der Waals surface area contributed by atoms with E-state index in [0.29, 0.717) is 9.80 Å². The van der Waals surface area contributed by atoms with Crippen LogP contribution in [0.1, 0.15) is 31.2 Å². The fraction of sp³-hybridized carbons (Fsp3) is 0.0952. The quantitative estimate of drug-likeness (QED) is 0.431. The number of carboxylic acid groups (broad SMARTS) is 1. The lowest BCUT2D eigenvalue weighted by molar-refractivity contribution is -0.117. The van der Waals surface area contributed by atoms with Crippen LogP contribution in [0.2, 0.25) is 0 Å². The Labute approximate surface area is 182 Å². The Hall–Kier alpha value is -3.11. The van der Waals surface area contributed by atoms with Crippen LogP contribution in [0.4, 0.5) is 18.9 Å². The Morgan fingerprint density at radius 2 is 1.81 bits per heavy atom. The summed E-state index contributed by atoms with van der Waals surface area (Å²) >= 11 is 1.82. The van der Waals surface area contributed by atoms with Gasteiger partial charge in [0.2, 0.25) is 5.91 Å². The van der Waals surface area contributed by atoms with E-state index in [1.165, 1.54) is 23.6 Å². The summed E-state index contributed by atoms with van der Waals surface area (Å²) in [6.07, 6.45) is -0.248. The topological polar surface area (TPSA) is 74.7 Å². The number of thiophene rings is 1. The molecule has 1 aromatic heterocycles. The molecule has 0 radical (unpaired) electrons. The number of carbonyl (C=O) groups excluding carboxylic acids is 2. The van der Waals surface area contributed by atoms with Gasteiger partial charge in [0.05, 0.1) is 17.7 Å². The van der Waals surface area contributed by atoms with Crippen LogP contribution in [0.15, 0.2) is 46.7 Å². The number of carbonyl (C=O) groups is 3. The lowest BCUT2D eigenvalue weighted by Crippen LogP contribution is -2.43. The summed E-state index contributed by atoms with van der Waals surface area (Å²) in [5.74, 6) is -5.34. The number of hydrogen-bond donors (Lipinski definition) is 1. The van der Waals surface area contributed by atoms with Gasteiger partial charge in [-0.3, -0.25) is 9.59 Å².